The van der Waals surface area contributed by atoms with Crippen LogP contribution in [0.15, 0.2) is 41.5 Å². The fraction of sp³-hybridized carbons (Fsp3) is 0.520. The standard InChI is InChI=1S/C25H34N4O3/c1-18-3-7-22(23(11-18)31-17-21-9-10-30-15-21)14-29-25(26-2)28-13-20-6-8-24(27-12-20)32-16-19-4-5-19/h3,6-8,11-12,19,21H,4-5,9-10,13-17H2,1-2H3,(H2,26,28,29). The van der Waals surface area contributed by atoms with E-state index in [9.17, 15) is 0 Å². The zero-order chi connectivity index (χ0) is 22.2. The Bertz CT molecular complexity index is 891. The number of hydrogen-bond donors (Lipinski definition) is 2. The molecule has 1 saturated heterocycles. The topological polar surface area (TPSA) is 77.0 Å². The summed E-state index contributed by atoms with van der Waals surface area (Å²) in [6.45, 7) is 6.44. The number of rotatable bonds is 10. The first-order chi connectivity index (χ1) is 15.7. The van der Waals surface area contributed by atoms with Gasteiger partial charge in [0.25, 0.3) is 0 Å². The van der Waals surface area contributed by atoms with Crippen molar-refractivity contribution in [2.45, 2.75) is 39.3 Å². The summed E-state index contributed by atoms with van der Waals surface area (Å²) in [5, 5.41) is 6.73. The number of pyridine rings is 1. The monoisotopic (exact) mass is 438 g/mol. The molecule has 2 N–H and O–H groups in total. The summed E-state index contributed by atoms with van der Waals surface area (Å²) in [5.41, 5.74) is 3.37. The van der Waals surface area contributed by atoms with Crippen LogP contribution in [0.2, 0.25) is 0 Å². The average molecular weight is 439 g/mol. The van der Waals surface area contributed by atoms with Gasteiger partial charge >= 0.3 is 0 Å². The number of aromatic nitrogens is 1. The molecule has 2 aromatic rings. The van der Waals surface area contributed by atoms with Gasteiger partial charge in [0.1, 0.15) is 5.75 Å². The highest BCUT2D eigenvalue weighted by Crippen LogP contribution is 2.29. The zero-order valence-corrected chi connectivity index (χ0v) is 19.1. The molecular formula is C25H34N4O3. The third-order valence-electron chi connectivity index (χ3n) is 5.81. The fourth-order valence-electron chi connectivity index (χ4n) is 3.54. The molecule has 1 aliphatic heterocycles. The molecule has 4 rings (SSSR count). The first-order valence-corrected chi connectivity index (χ1v) is 11.5. The Labute approximate surface area is 190 Å². The van der Waals surface area contributed by atoms with Crippen LogP contribution in [0.4, 0.5) is 0 Å². The SMILES string of the molecule is CN=C(NCc1ccc(OCC2CC2)nc1)NCc1ccc(C)cc1OCC1CCOC1. The van der Waals surface area contributed by atoms with Crippen molar-refractivity contribution < 1.29 is 14.2 Å². The highest BCUT2D eigenvalue weighted by atomic mass is 16.5. The summed E-state index contributed by atoms with van der Waals surface area (Å²) in [4.78, 5) is 8.74. The number of benzene rings is 1. The summed E-state index contributed by atoms with van der Waals surface area (Å²) in [6, 6.07) is 10.3. The Morgan fingerprint density at radius 2 is 1.91 bits per heavy atom. The van der Waals surface area contributed by atoms with Gasteiger partial charge in [-0.25, -0.2) is 4.98 Å². The van der Waals surface area contributed by atoms with Crippen molar-refractivity contribution in [3.05, 3.63) is 53.2 Å². The maximum Gasteiger partial charge on any atom is 0.213 e. The predicted molar refractivity (Wildman–Crippen MR) is 125 cm³/mol. The van der Waals surface area contributed by atoms with E-state index in [1.165, 1.54) is 18.4 Å². The second kappa shape index (κ2) is 11.2. The molecule has 0 spiro atoms. The number of aliphatic imine (C=N–C) groups is 1. The van der Waals surface area contributed by atoms with E-state index in [4.69, 9.17) is 14.2 Å². The minimum absolute atomic E-state index is 0.477. The predicted octanol–water partition coefficient (Wildman–Crippen LogP) is 3.46. The molecular weight excluding hydrogens is 404 g/mol. The Morgan fingerprint density at radius 1 is 1.06 bits per heavy atom. The Morgan fingerprint density at radius 3 is 2.62 bits per heavy atom. The van der Waals surface area contributed by atoms with Crippen LogP contribution in [0.1, 0.15) is 36.0 Å². The quantitative estimate of drug-likeness (QED) is 0.437. The summed E-state index contributed by atoms with van der Waals surface area (Å²) < 4.78 is 17.3. The van der Waals surface area contributed by atoms with Crippen molar-refractivity contribution in [1.82, 2.24) is 15.6 Å². The smallest absolute Gasteiger partial charge is 0.213 e. The summed E-state index contributed by atoms with van der Waals surface area (Å²) in [7, 11) is 1.77. The van der Waals surface area contributed by atoms with Crippen LogP contribution in [0, 0.1) is 18.8 Å². The molecule has 172 valence electrons. The lowest BCUT2D eigenvalue weighted by Gasteiger charge is -2.17. The van der Waals surface area contributed by atoms with Crippen LogP contribution in [0.5, 0.6) is 11.6 Å². The van der Waals surface area contributed by atoms with Gasteiger partial charge in [0.15, 0.2) is 5.96 Å². The first-order valence-electron chi connectivity index (χ1n) is 11.5. The van der Waals surface area contributed by atoms with Crippen molar-refractivity contribution in [1.29, 1.82) is 0 Å². The van der Waals surface area contributed by atoms with E-state index in [1.54, 1.807) is 7.05 Å². The number of ether oxygens (including phenoxy) is 3. The van der Waals surface area contributed by atoms with Gasteiger partial charge in [0.2, 0.25) is 5.88 Å². The molecule has 2 fully saturated rings. The largest absolute Gasteiger partial charge is 0.493 e. The summed E-state index contributed by atoms with van der Waals surface area (Å²) in [6.07, 6.45) is 5.47. The first kappa shape index (κ1) is 22.4. The average Bonchev–Trinajstić information content (AvgIpc) is 3.50. The van der Waals surface area contributed by atoms with Gasteiger partial charge in [0.05, 0.1) is 19.8 Å². The molecule has 0 radical (unpaired) electrons. The van der Waals surface area contributed by atoms with Crippen molar-refractivity contribution in [2.75, 3.05) is 33.5 Å². The zero-order valence-electron chi connectivity index (χ0n) is 19.1. The highest BCUT2D eigenvalue weighted by molar-refractivity contribution is 5.79. The summed E-state index contributed by atoms with van der Waals surface area (Å²) >= 11 is 0. The van der Waals surface area contributed by atoms with Crippen LogP contribution in [0.25, 0.3) is 0 Å². The molecule has 2 aliphatic rings. The van der Waals surface area contributed by atoms with E-state index < -0.39 is 0 Å². The van der Waals surface area contributed by atoms with E-state index >= 15 is 0 Å². The lowest BCUT2D eigenvalue weighted by molar-refractivity contribution is 0.166. The third-order valence-corrected chi connectivity index (χ3v) is 5.81. The van der Waals surface area contributed by atoms with E-state index in [1.807, 2.05) is 18.3 Å². The second-order valence-electron chi connectivity index (χ2n) is 8.69. The molecule has 1 atom stereocenters. The summed E-state index contributed by atoms with van der Waals surface area (Å²) in [5.74, 6) is 3.55. The Balaban J connectivity index is 1.25. The van der Waals surface area contributed by atoms with Crippen molar-refractivity contribution in [2.24, 2.45) is 16.8 Å². The van der Waals surface area contributed by atoms with Gasteiger partial charge < -0.3 is 24.8 Å². The van der Waals surface area contributed by atoms with Crippen molar-refractivity contribution in [3.8, 4) is 11.6 Å². The minimum Gasteiger partial charge on any atom is -0.493 e. The van der Waals surface area contributed by atoms with Gasteiger partial charge in [-0.1, -0.05) is 18.2 Å². The molecule has 1 aromatic heterocycles. The molecule has 1 aromatic carbocycles. The minimum atomic E-state index is 0.477. The third kappa shape index (κ3) is 6.85. The number of nitrogens with one attached hydrogen (secondary N) is 2. The molecule has 7 heteroatoms. The van der Waals surface area contributed by atoms with Crippen LogP contribution >= 0.6 is 0 Å². The lowest BCUT2D eigenvalue weighted by Crippen LogP contribution is -2.36. The molecule has 0 amide bonds. The molecule has 32 heavy (non-hydrogen) atoms. The van der Waals surface area contributed by atoms with Crippen LogP contribution in [0.3, 0.4) is 0 Å². The van der Waals surface area contributed by atoms with E-state index in [-0.39, 0.29) is 0 Å². The molecule has 1 unspecified atom stereocenters. The Kier molecular flexibility index (Phi) is 7.82. The van der Waals surface area contributed by atoms with E-state index in [0.29, 0.717) is 31.5 Å². The van der Waals surface area contributed by atoms with Crippen LogP contribution in [-0.2, 0) is 17.8 Å². The molecule has 0 bridgehead atoms. The number of aryl methyl sites for hydroxylation is 1. The van der Waals surface area contributed by atoms with E-state index in [0.717, 1.165) is 55.0 Å². The fourth-order valence-corrected chi connectivity index (χ4v) is 3.54. The van der Waals surface area contributed by atoms with Crippen molar-refractivity contribution >= 4 is 5.96 Å². The molecule has 7 nitrogen and oxygen atoms in total. The van der Waals surface area contributed by atoms with Crippen molar-refractivity contribution in [3.63, 3.8) is 0 Å². The molecule has 1 saturated carbocycles. The van der Waals surface area contributed by atoms with Gasteiger partial charge in [-0.2, -0.15) is 0 Å². The number of guanidine groups is 1. The van der Waals surface area contributed by atoms with E-state index in [2.05, 4.69) is 45.7 Å². The lowest BCUT2D eigenvalue weighted by atomic mass is 10.1. The molecule has 1 aliphatic carbocycles. The number of nitrogens with zero attached hydrogens (tertiary/aromatic N) is 2. The van der Waals surface area contributed by atoms with Crippen LogP contribution in [-0.4, -0.2) is 44.4 Å². The normalized spacial score (nSPS) is 18.4. The van der Waals surface area contributed by atoms with Crippen LogP contribution < -0.4 is 20.1 Å². The van der Waals surface area contributed by atoms with Gasteiger partial charge in [0, 0.05) is 50.5 Å². The maximum atomic E-state index is 6.15. The highest BCUT2D eigenvalue weighted by Gasteiger charge is 2.22. The maximum absolute atomic E-state index is 6.15. The molecule has 2 heterocycles. The van der Waals surface area contributed by atoms with Gasteiger partial charge in [-0.3, -0.25) is 4.99 Å². The second-order valence-corrected chi connectivity index (χ2v) is 8.69. The number of hydrogen-bond acceptors (Lipinski definition) is 5. The van der Waals surface area contributed by atoms with Gasteiger partial charge in [-0.05, 0) is 49.3 Å². The van der Waals surface area contributed by atoms with Gasteiger partial charge in [-0.15, -0.1) is 0 Å². The Hall–Kier alpha value is -2.80.